The van der Waals surface area contributed by atoms with Gasteiger partial charge in [-0.25, -0.2) is 9.97 Å². The molecule has 3 nitrogen and oxygen atoms in total. The third-order valence-electron chi connectivity index (χ3n) is 4.26. The van der Waals surface area contributed by atoms with Crippen LogP contribution < -0.4 is 4.90 Å². The van der Waals surface area contributed by atoms with E-state index in [0.717, 1.165) is 16.1 Å². The van der Waals surface area contributed by atoms with Crippen LogP contribution in [0, 0.1) is 0 Å². The molecule has 4 heteroatoms. The maximum absolute atomic E-state index is 4.33. The van der Waals surface area contributed by atoms with E-state index in [-0.39, 0.29) is 0 Å². The van der Waals surface area contributed by atoms with Crippen LogP contribution in [-0.4, -0.2) is 17.0 Å². The van der Waals surface area contributed by atoms with Crippen molar-refractivity contribution in [1.29, 1.82) is 0 Å². The predicted molar refractivity (Wildman–Crippen MR) is 90.1 cm³/mol. The second kappa shape index (κ2) is 6.56. The highest BCUT2D eigenvalue weighted by molar-refractivity contribution is 9.10. The summed E-state index contributed by atoms with van der Waals surface area (Å²) in [6.45, 7) is 0. The van der Waals surface area contributed by atoms with Crippen LogP contribution in [0.5, 0.6) is 0 Å². The third kappa shape index (κ3) is 3.43. The summed E-state index contributed by atoms with van der Waals surface area (Å²) in [5.74, 6) is 1.46. The summed E-state index contributed by atoms with van der Waals surface area (Å²) in [4.78, 5) is 10.7. The molecule has 1 aliphatic rings. The highest BCUT2D eigenvalue weighted by atomic mass is 79.9. The number of hydrogen-bond acceptors (Lipinski definition) is 3. The first-order valence-corrected chi connectivity index (χ1v) is 8.34. The van der Waals surface area contributed by atoms with Crippen molar-refractivity contribution in [2.75, 3.05) is 11.9 Å². The Kier molecular flexibility index (Phi) is 4.54. The number of rotatable bonds is 3. The fourth-order valence-electron chi connectivity index (χ4n) is 3.00. The number of halogens is 1. The number of nitrogens with zero attached hydrogens (tertiary/aromatic N) is 3. The van der Waals surface area contributed by atoms with Gasteiger partial charge < -0.3 is 4.90 Å². The third-order valence-corrected chi connectivity index (χ3v) is 4.67. The van der Waals surface area contributed by atoms with E-state index >= 15 is 0 Å². The van der Waals surface area contributed by atoms with Gasteiger partial charge in [0.1, 0.15) is 0 Å². The van der Waals surface area contributed by atoms with Crippen molar-refractivity contribution in [3.63, 3.8) is 0 Å². The fraction of sp³-hybridized carbons (Fsp3) is 0.412. The standard InChI is InChI=1S/C17H20BrN3/c1-21(17-19-11-15(18)12-20-17)16-9-7-14(8-10-16)13-5-3-2-4-6-13/h7-13H,2-6H2,1H3. The molecule has 0 saturated heterocycles. The van der Waals surface area contributed by atoms with Crippen molar-refractivity contribution < 1.29 is 0 Å². The van der Waals surface area contributed by atoms with Crippen LogP contribution in [-0.2, 0) is 0 Å². The molecule has 0 spiro atoms. The highest BCUT2D eigenvalue weighted by Crippen LogP contribution is 2.33. The Morgan fingerprint density at radius 3 is 2.24 bits per heavy atom. The highest BCUT2D eigenvalue weighted by Gasteiger charge is 2.15. The average Bonchev–Trinajstić information content (AvgIpc) is 2.56. The molecule has 1 saturated carbocycles. The van der Waals surface area contributed by atoms with E-state index in [2.05, 4.69) is 50.2 Å². The Balaban J connectivity index is 1.75. The topological polar surface area (TPSA) is 29.0 Å². The van der Waals surface area contributed by atoms with E-state index in [9.17, 15) is 0 Å². The fourth-order valence-corrected chi connectivity index (χ4v) is 3.20. The van der Waals surface area contributed by atoms with E-state index in [1.165, 1.54) is 37.7 Å². The van der Waals surface area contributed by atoms with E-state index in [4.69, 9.17) is 0 Å². The summed E-state index contributed by atoms with van der Waals surface area (Å²) < 4.78 is 0.896. The van der Waals surface area contributed by atoms with Gasteiger partial charge in [0.2, 0.25) is 5.95 Å². The number of benzene rings is 1. The quantitative estimate of drug-likeness (QED) is 0.778. The molecule has 2 aromatic rings. The van der Waals surface area contributed by atoms with Gasteiger partial charge in [0.15, 0.2) is 0 Å². The summed E-state index contributed by atoms with van der Waals surface area (Å²) in [6.07, 6.45) is 10.4. The number of aromatic nitrogens is 2. The molecule has 21 heavy (non-hydrogen) atoms. The smallest absolute Gasteiger partial charge is 0.229 e. The maximum Gasteiger partial charge on any atom is 0.229 e. The van der Waals surface area contributed by atoms with Crippen LogP contribution >= 0.6 is 15.9 Å². The zero-order valence-electron chi connectivity index (χ0n) is 12.3. The van der Waals surface area contributed by atoms with E-state index < -0.39 is 0 Å². The van der Waals surface area contributed by atoms with E-state index in [1.54, 1.807) is 12.4 Å². The lowest BCUT2D eigenvalue weighted by molar-refractivity contribution is 0.443. The molecule has 0 amide bonds. The summed E-state index contributed by atoms with van der Waals surface area (Å²) in [5.41, 5.74) is 2.60. The Bertz CT molecular complexity index is 574. The molecule has 0 unspecified atom stereocenters. The Hall–Kier alpha value is -1.42. The van der Waals surface area contributed by atoms with Gasteiger partial charge in [0, 0.05) is 25.1 Å². The molecule has 110 valence electrons. The lowest BCUT2D eigenvalue weighted by atomic mass is 9.84. The van der Waals surface area contributed by atoms with Gasteiger partial charge in [-0.3, -0.25) is 0 Å². The molecule has 1 aromatic heterocycles. The van der Waals surface area contributed by atoms with Crippen LogP contribution in [0.15, 0.2) is 41.1 Å². The van der Waals surface area contributed by atoms with Crippen molar-refractivity contribution in [2.45, 2.75) is 38.0 Å². The van der Waals surface area contributed by atoms with Crippen molar-refractivity contribution in [3.05, 3.63) is 46.7 Å². The Morgan fingerprint density at radius 1 is 1.00 bits per heavy atom. The minimum Gasteiger partial charge on any atom is -0.314 e. The van der Waals surface area contributed by atoms with Gasteiger partial charge in [0.05, 0.1) is 4.47 Å². The minimum atomic E-state index is 0.712. The molecule has 1 heterocycles. The number of anilines is 2. The van der Waals surface area contributed by atoms with Gasteiger partial charge in [-0.15, -0.1) is 0 Å². The van der Waals surface area contributed by atoms with E-state index in [1.807, 2.05) is 11.9 Å². The zero-order valence-corrected chi connectivity index (χ0v) is 13.9. The minimum absolute atomic E-state index is 0.712. The summed E-state index contributed by atoms with van der Waals surface area (Å²) in [7, 11) is 2.00. The first-order chi connectivity index (χ1) is 10.2. The summed E-state index contributed by atoms with van der Waals surface area (Å²) in [5, 5.41) is 0. The molecule has 3 rings (SSSR count). The van der Waals surface area contributed by atoms with Gasteiger partial charge >= 0.3 is 0 Å². The average molecular weight is 346 g/mol. The van der Waals surface area contributed by atoms with Crippen molar-refractivity contribution in [1.82, 2.24) is 9.97 Å². The largest absolute Gasteiger partial charge is 0.314 e. The summed E-state index contributed by atoms with van der Waals surface area (Å²) >= 11 is 3.36. The van der Waals surface area contributed by atoms with Crippen LogP contribution in [0.2, 0.25) is 0 Å². The predicted octanol–water partition coefficient (Wildman–Crippen LogP) is 5.05. The molecule has 1 fully saturated rings. The Labute approximate surface area is 134 Å². The first-order valence-electron chi connectivity index (χ1n) is 7.55. The zero-order chi connectivity index (χ0) is 14.7. The SMILES string of the molecule is CN(c1ccc(C2CCCCC2)cc1)c1ncc(Br)cn1. The van der Waals surface area contributed by atoms with Crippen LogP contribution in [0.25, 0.3) is 0 Å². The number of hydrogen-bond donors (Lipinski definition) is 0. The lowest BCUT2D eigenvalue weighted by Crippen LogP contribution is -2.13. The second-order valence-electron chi connectivity index (χ2n) is 5.69. The van der Waals surface area contributed by atoms with Gasteiger partial charge in [-0.2, -0.15) is 0 Å². The molecular formula is C17H20BrN3. The summed E-state index contributed by atoms with van der Waals surface area (Å²) in [6, 6.07) is 8.88. The van der Waals surface area contributed by atoms with Gasteiger partial charge in [0.25, 0.3) is 0 Å². The van der Waals surface area contributed by atoms with Crippen LogP contribution in [0.3, 0.4) is 0 Å². The van der Waals surface area contributed by atoms with Gasteiger partial charge in [-0.05, 0) is 52.4 Å². The van der Waals surface area contributed by atoms with Crippen LogP contribution in [0.4, 0.5) is 11.6 Å². The molecule has 0 aliphatic heterocycles. The lowest BCUT2D eigenvalue weighted by Gasteiger charge is -2.23. The molecule has 1 aromatic carbocycles. The molecular weight excluding hydrogens is 326 g/mol. The molecule has 0 atom stereocenters. The van der Waals surface area contributed by atoms with E-state index in [0.29, 0.717) is 5.95 Å². The second-order valence-corrected chi connectivity index (χ2v) is 6.60. The molecule has 0 bridgehead atoms. The molecule has 1 aliphatic carbocycles. The van der Waals surface area contributed by atoms with Crippen LogP contribution in [0.1, 0.15) is 43.6 Å². The molecule has 0 radical (unpaired) electrons. The normalized spacial score (nSPS) is 15.9. The maximum atomic E-state index is 4.33. The van der Waals surface area contributed by atoms with Crippen molar-refractivity contribution in [3.8, 4) is 0 Å². The first kappa shape index (κ1) is 14.5. The van der Waals surface area contributed by atoms with Crippen molar-refractivity contribution in [2.24, 2.45) is 0 Å². The molecule has 0 N–H and O–H groups in total. The monoisotopic (exact) mass is 345 g/mol. The van der Waals surface area contributed by atoms with Crippen molar-refractivity contribution >= 4 is 27.6 Å². The van der Waals surface area contributed by atoms with Gasteiger partial charge in [-0.1, -0.05) is 31.4 Å². The Morgan fingerprint density at radius 2 is 1.62 bits per heavy atom.